The second kappa shape index (κ2) is 5.39. The van der Waals surface area contributed by atoms with Crippen molar-refractivity contribution >= 4 is 5.97 Å². The molecule has 1 rings (SSSR count). The lowest BCUT2D eigenvalue weighted by Gasteiger charge is -2.10. The lowest BCUT2D eigenvalue weighted by molar-refractivity contribution is -0.142. The smallest absolute Gasteiger partial charge is 0.322 e. The Kier molecular flexibility index (Phi) is 4.12. The van der Waals surface area contributed by atoms with Gasteiger partial charge < -0.3 is 15.0 Å². The van der Waals surface area contributed by atoms with Gasteiger partial charge in [0.1, 0.15) is 6.04 Å². The number of aromatic amines is 1. The Bertz CT molecular complexity index is 272. The van der Waals surface area contributed by atoms with E-state index in [1.165, 1.54) is 7.11 Å². The Hall–Kier alpha value is -1.36. The van der Waals surface area contributed by atoms with Crippen molar-refractivity contribution in [3.63, 3.8) is 0 Å². The molecule has 0 bridgehead atoms. The first-order chi connectivity index (χ1) is 6.74. The van der Waals surface area contributed by atoms with Crippen LogP contribution >= 0.6 is 0 Å². The summed E-state index contributed by atoms with van der Waals surface area (Å²) < 4.78 is 4.58. The number of nitrogens with one attached hydrogen (secondary N) is 2. The van der Waals surface area contributed by atoms with Gasteiger partial charge in [0.05, 0.1) is 13.4 Å². The summed E-state index contributed by atoms with van der Waals surface area (Å²) in [6, 6.07) is -0.261. The predicted molar refractivity (Wildman–Crippen MR) is 51.8 cm³/mol. The van der Waals surface area contributed by atoms with Crippen LogP contribution in [0.15, 0.2) is 12.5 Å². The van der Waals surface area contributed by atoms with E-state index in [-0.39, 0.29) is 12.0 Å². The Morgan fingerprint density at radius 2 is 2.57 bits per heavy atom. The molecule has 0 aliphatic carbocycles. The molecule has 0 fully saturated rings. The van der Waals surface area contributed by atoms with Crippen molar-refractivity contribution < 1.29 is 9.53 Å². The van der Waals surface area contributed by atoms with Crippen LogP contribution in [0.1, 0.15) is 12.6 Å². The van der Waals surface area contributed by atoms with Crippen LogP contribution in [0.3, 0.4) is 0 Å². The Balaban J connectivity index is 2.18. The van der Waals surface area contributed by atoms with Crippen LogP contribution < -0.4 is 5.32 Å². The number of H-pyrrole nitrogens is 1. The van der Waals surface area contributed by atoms with Gasteiger partial charge in [0.15, 0.2) is 0 Å². The zero-order chi connectivity index (χ0) is 10.4. The molecule has 78 valence electrons. The van der Waals surface area contributed by atoms with Crippen LogP contribution in [-0.4, -0.2) is 35.6 Å². The van der Waals surface area contributed by atoms with Crippen molar-refractivity contribution in [2.45, 2.75) is 19.4 Å². The van der Waals surface area contributed by atoms with Gasteiger partial charge in [-0.15, -0.1) is 0 Å². The number of methoxy groups -OCH3 is 1. The maximum atomic E-state index is 11.0. The van der Waals surface area contributed by atoms with Crippen LogP contribution in [0.2, 0.25) is 0 Å². The third-order valence-corrected chi connectivity index (χ3v) is 1.95. The van der Waals surface area contributed by atoms with Crippen LogP contribution in [0.5, 0.6) is 0 Å². The molecule has 1 heterocycles. The van der Waals surface area contributed by atoms with E-state index in [9.17, 15) is 4.79 Å². The van der Waals surface area contributed by atoms with E-state index in [4.69, 9.17) is 0 Å². The maximum absolute atomic E-state index is 11.0. The van der Waals surface area contributed by atoms with E-state index >= 15 is 0 Å². The summed E-state index contributed by atoms with van der Waals surface area (Å²) in [5.41, 5.74) is 1.05. The molecule has 2 N–H and O–H groups in total. The normalized spacial score (nSPS) is 12.4. The number of hydrogen-bond acceptors (Lipinski definition) is 4. The van der Waals surface area contributed by atoms with E-state index in [0.717, 1.165) is 18.7 Å². The number of aromatic nitrogens is 2. The van der Waals surface area contributed by atoms with E-state index in [1.807, 2.05) is 0 Å². The standard InChI is InChI=1S/C9H15N3O2/c1-7(9(13)14-2)11-4-3-8-5-10-6-12-8/h5-7,11H,3-4H2,1-2H3,(H,10,12). The summed E-state index contributed by atoms with van der Waals surface area (Å²) in [6.07, 6.45) is 4.23. The molecule has 0 aromatic carbocycles. The minimum absolute atomic E-state index is 0.241. The lowest BCUT2D eigenvalue weighted by atomic mass is 10.3. The van der Waals surface area contributed by atoms with Gasteiger partial charge >= 0.3 is 5.97 Å². The number of imidazole rings is 1. The lowest BCUT2D eigenvalue weighted by Crippen LogP contribution is -2.36. The second-order valence-corrected chi connectivity index (χ2v) is 3.03. The maximum Gasteiger partial charge on any atom is 0.322 e. The highest BCUT2D eigenvalue weighted by molar-refractivity contribution is 5.75. The van der Waals surface area contributed by atoms with Crippen molar-refractivity contribution in [2.75, 3.05) is 13.7 Å². The Morgan fingerprint density at radius 1 is 1.79 bits per heavy atom. The first-order valence-corrected chi connectivity index (χ1v) is 4.52. The first-order valence-electron chi connectivity index (χ1n) is 4.52. The molecule has 0 spiro atoms. The van der Waals surface area contributed by atoms with E-state index in [1.54, 1.807) is 19.4 Å². The molecule has 0 radical (unpaired) electrons. The molecule has 1 aromatic rings. The van der Waals surface area contributed by atoms with Crippen LogP contribution in [0.4, 0.5) is 0 Å². The minimum atomic E-state index is -0.261. The highest BCUT2D eigenvalue weighted by atomic mass is 16.5. The van der Waals surface area contributed by atoms with E-state index < -0.39 is 0 Å². The van der Waals surface area contributed by atoms with Gasteiger partial charge in [0.2, 0.25) is 0 Å². The average molecular weight is 197 g/mol. The van der Waals surface area contributed by atoms with Gasteiger partial charge in [-0.3, -0.25) is 4.79 Å². The zero-order valence-corrected chi connectivity index (χ0v) is 8.41. The topological polar surface area (TPSA) is 67.0 Å². The number of carbonyl (C=O) groups is 1. The summed E-state index contributed by atoms with van der Waals surface area (Å²) in [5.74, 6) is -0.241. The third-order valence-electron chi connectivity index (χ3n) is 1.95. The number of rotatable bonds is 5. The van der Waals surface area contributed by atoms with Crippen molar-refractivity contribution in [3.8, 4) is 0 Å². The molecule has 1 unspecified atom stereocenters. The van der Waals surface area contributed by atoms with Gasteiger partial charge in [-0.1, -0.05) is 0 Å². The first kappa shape index (κ1) is 10.7. The van der Waals surface area contributed by atoms with Gasteiger partial charge in [0.25, 0.3) is 0 Å². The number of hydrogen-bond donors (Lipinski definition) is 2. The largest absolute Gasteiger partial charge is 0.468 e. The number of carbonyl (C=O) groups excluding carboxylic acids is 1. The van der Waals surface area contributed by atoms with Gasteiger partial charge in [0, 0.05) is 24.9 Å². The monoisotopic (exact) mass is 197 g/mol. The molecular formula is C9H15N3O2. The van der Waals surface area contributed by atoms with Gasteiger partial charge in [-0.2, -0.15) is 0 Å². The fourth-order valence-electron chi connectivity index (χ4n) is 1.10. The zero-order valence-electron chi connectivity index (χ0n) is 8.41. The molecule has 0 aliphatic rings. The molecule has 1 aromatic heterocycles. The van der Waals surface area contributed by atoms with E-state index in [0.29, 0.717) is 0 Å². The minimum Gasteiger partial charge on any atom is -0.468 e. The van der Waals surface area contributed by atoms with Crippen molar-refractivity contribution in [1.82, 2.24) is 15.3 Å². The SMILES string of the molecule is COC(=O)C(C)NCCc1cnc[nH]1. The summed E-state index contributed by atoms with van der Waals surface area (Å²) in [5, 5.41) is 3.05. The summed E-state index contributed by atoms with van der Waals surface area (Å²) in [4.78, 5) is 17.9. The van der Waals surface area contributed by atoms with E-state index in [2.05, 4.69) is 20.0 Å². The average Bonchev–Trinajstić information content (AvgIpc) is 2.69. The number of esters is 1. The van der Waals surface area contributed by atoms with Crippen molar-refractivity contribution in [1.29, 1.82) is 0 Å². The highest BCUT2D eigenvalue weighted by Gasteiger charge is 2.10. The summed E-state index contributed by atoms with van der Waals surface area (Å²) in [6.45, 7) is 2.50. The number of nitrogens with zero attached hydrogens (tertiary/aromatic N) is 1. The van der Waals surface area contributed by atoms with Crippen LogP contribution in [0, 0.1) is 0 Å². The van der Waals surface area contributed by atoms with Crippen LogP contribution in [0.25, 0.3) is 0 Å². The fourth-order valence-corrected chi connectivity index (χ4v) is 1.10. The Labute approximate surface area is 82.9 Å². The predicted octanol–water partition coefficient (Wildman–Crippen LogP) is 0.103. The number of ether oxygens (including phenoxy) is 1. The molecule has 5 nitrogen and oxygen atoms in total. The fraction of sp³-hybridized carbons (Fsp3) is 0.556. The van der Waals surface area contributed by atoms with Gasteiger partial charge in [-0.25, -0.2) is 4.98 Å². The molecule has 0 saturated carbocycles. The molecule has 5 heteroatoms. The summed E-state index contributed by atoms with van der Waals surface area (Å²) >= 11 is 0. The van der Waals surface area contributed by atoms with Crippen LogP contribution in [-0.2, 0) is 16.0 Å². The highest BCUT2D eigenvalue weighted by Crippen LogP contribution is 1.92. The Morgan fingerprint density at radius 3 is 3.14 bits per heavy atom. The molecule has 14 heavy (non-hydrogen) atoms. The van der Waals surface area contributed by atoms with Gasteiger partial charge in [-0.05, 0) is 6.92 Å². The summed E-state index contributed by atoms with van der Waals surface area (Å²) in [7, 11) is 1.38. The quantitative estimate of drug-likeness (QED) is 0.657. The molecule has 0 amide bonds. The molecule has 1 atom stereocenters. The van der Waals surface area contributed by atoms with Crippen molar-refractivity contribution in [2.24, 2.45) is 0 Å². The second-order valence-electron chi connectivity index (χ2n) is 3.03. The molecule has 0 saturated heterocycles. The molecule has 0 aliphatic heterocycles. The molecular weight excluding hydrogens is 182 g/mol. The third kappa shape index (κ3) is 3.18. The van der Waals surface area contributed by atoms with Crippen molar-refractivity contribution in [3.05, 3.63) is 18.2 Å².